The van der Waals surface area contributed by atoms with E-state index < -0.39 is 31.0 Å². The monoisotopic (exact) mass is 491 g/mol. The number of hydrogen-bond acceptors (Lipinski definition) is 6. The van der Waals surface area contributed by atoms with Crippen molar-refractivity contribution in [1.82, 2.24) is 5.32 Å². The molecule has 1 atom stereocenters. The first kappa shape index (κ1) is 30.5. The highest BCUT2D eigenvalue weighted by Crippen LogP contribution is 2.24. The first-order valence-electron chi connectivity index (χ1n) is 12.2. The van der Waals surface area contributed by atoms with Gasteiger partial charge in [-0.15, -0.1) is 0 Å². The normalized spacial score (nSPS) is 13.7. The van der Waals surface area contributed by atoms with Crippen LogP contribution < -0.4 is 5.32 Å². The van der Waals surface area contributed by atoms with Gasteiger partial charge in [0.25, 0.3) is 22.6 Å². The molecule has 0 amide bonds. The van der Waals surface area contributed by atoms with Crippen molar-refractivity contribution in [2.75, 3.05) is 13.7 Å². The zero-order valence-electron chi connectivity index (χ0n) is 21.7. The second-order valence-corrected chi connectivity index (χ2v) is 23.0. The first-order valence-corrected chi connectivity index (χ1v) is 20.4. The number of rotatable bonds is 17. The third kappa shape index (κ3) is 10.3. The first-order chi connectivity index (χ1) is 14.5. The summed E-state index contributed by atoms with van der Waals surface area (Å²) in [6, 6.07) is 5.76. The average molecular weight is 492 g/mol. The molecule has 184 valence electrons. The molecule has 0 aromatic heterocycles. The van der Waals surface area contributed by atoms with Crippen molar-refractivity contribution < 1.29 is 22.9 Å². The van der Waals surface area contributed by atoms with Gasteiger partial charge in [0.05, 0.1) is 6.42 Å². The Balaban J connectivity index is 5.29. The Morgan fingerprint density at radius 3 is 1.68 bits per heavy atom. The van der Waals surface area contributed by atoms with E-state index >= 15 is 0 Å². The van der Waals surface area contributed by atoms with E-state index in [2.05, 4.69) is 60.0 Å². The van der Waals surface area contributed by atoms with Crippen LogP contribution in [0.25, 0.3) is 0 Å². The fourth-order valence-corrected chi connectivity index (χ4v) is 10.0. The van der Waals surface area contributed by atoms with Crippen molar-refractivity contribution in [3.63, 3.8) is 0 Å². The summed E-state index contributed by atoms with van der Waals surface area (Å²) in [5.41, 5.74) is 0. The van der Waals surface area contributed by atoms with E-state index in [1.807, 2.05) is 0 Å². The summed E-state index contributed by atoms with van der Waals surface area (Å²) in [5, 5.41) is 3.31. The van der Waals surface area contributed by atoms with Gasteiger partial charge in [-0.2, -0.15) is 0 Å². The van der Waals surface area contributed by atoms with E-state index in [0.29, 0.717) is 6.54 Å². The van der Waals surface area contributed by atoms with E-state index in [-0.39, 0.29) is 18.4 Å². The second-order valence-electron chi connectivity index (χ2n) is 9.16. The molecule has 0 aliphatic carbocycles. The van der Waals surface area contributed by atoms with E-state index in [1.54, 1.807) is 7.11 Å². The van der Waals surface area contributed by atoms with Crippen molar-refractivity contribution in [2.24, 2.45) is 0 Å². The summed E-state index contributed by atoms with van der Waals surface area (Å²) in [6.07, 6.45) is 0.946. The third-order valence-electron chi connectivity index (χ3n) is 7.07. The molecule has 1 N–H and O–H groups in total. The Kier molecular flexibility index (Phi) is 14.4. The fraction of sp³-hybridized carbons (Fsp3) is 0.909. The molecule has 0 radical (unpaired) electrons. The molecule has 0 aromatic rings. The third-order valence-corrected chi connectivity index (χ3v) is 18.8. The van der Waals surface area contributed by atoms with Gasteiger partial charge in [-0.1, -0.05) is 41.5 Å². The summed E-state index contributed by atoms with van der Waals surface area (Å²) in [6.45, 7) is 17.6. The van der Waals surface area contributed by atoms with Crippen LogP contribution in [0.2, 0.25) is 55.4 Å². The number of carbonyl (C=O) groups excluding carboxylic acids is 2. The van der Waals surface area contributed by atoms with Gasteiger partial charge < -0.3 is 18.6 Å². The molecule has 0 saturated heterocycles. The Bertz CT molecular complexity index is 521. The van der Waals surface area contributed by atoms with Gasteiger partial charge in [0.15, 0.2) is 8.32 Å². The van der Waals surface area contributed by atoms with E-state index in [0.717, 1.165) is 48.7 Å². The maximum absolute atomic E-state index is 13.1. The van der Waals surface area contributed by atoms with Crippen molar-refractivity contribution >= 4 is 36.9 Å². The maximum atomic E-state index is 13.1. The Morgan fingerprint density at radius 2 is 1.26 bits per heavy atom. The minimum Gasteiger partial charge on any atom is -0.519 e. The summed E-state index contributed by atoms with van der Waals surface area (Å²) in [7, 11) is -4.02. The zero-order chi connectivity index (χ0) is 24.1. The predicted octanol–water partition coefficient (Wildman–Crippen LogP) is 5.67. The molecule has 0 saturated carbocycles. The lowest BCUT2D eigenvalue weighted by Gasteiger charge is -2.31. The van der Waals surface area contributed by atoms with Gasteiger partial charge in [0.2, 0.25) is 0 Å². The van der Waals surface area contributed by atoms with Gasteiger partial charge >= 0.3 is 5.97 Å². The lowest BCUT2D eigenvalue weighted by Crippen LogP contribution is -2.48. The summed E-state index contributed by atoms with van der Waals surface area (Å²) >= 11 is 0. The van der Waals surface area contributed by atoms with E-state index in [1.165, 1.54) is 0 Å². The minimum atomic E-state index is -2.09. The molecular formula is C22H49NO5Si3. The highest BCUT2D eigenvalue weighted by Gasteiger charge is 2.38. The zero-order valence-corrected chi connectivity index (χ0v) is 24.7. The largest absolute Gasteiger partial charge is 0.519 e. The predicted molar refractivity (Wildman–Crippen MR) is 137 cm³/mol. The van der Waals surface area contributed by atoms with Crippen molar-refractivity contribution in [2.45, 2.75) is 116 Å². The molecule has 9 heteroatoms. The van der Waals surface area contributed by atoms with Crippen LogP contribution in [0.5, 0.6) is 0 Å². The lowest BCUT2D eigenvalue weighted by molar-refractivity contribution is -0.144. The van der Waals surface area contributed by atoms with Gasteiger partial charge in [0.1, 0.15) is 6.04 Å². The SMILES string of the molecule is CC[Si](CC)(CC)OC(=O)CC(NCCC[Si](C)(C)OC)C(=O)O[Si](CC)(CC)CC. The quantitative estimate of drug-likeness (QED) is 0.209. The van der Waals surface area contributed by atoms with Crippen LogP contribution in [-0.4, -0.2) is 56.6 Å². The molecule has 0 heterocycles. The molecule has 0 aliphatic rings. The lowest BCUT2D eigenvalue weighted by atomic mass is 10.2. The highest BCUT2D eigenvalue weighted by molar-refractivity contribution is 6.75. The summed E-state index contributed by atoms with van der Waals surface area (Å²) in [5.74, 6) is -0.552. The topological polar surface area (TPSA) is 73.9 Å². The van der Waals surface area contributed by atoms with Crippen LogP contribution in [0.1, 0.15) is 54.4 Å². The van der Waals surface area contributed by atoms with Crippen LogP contribution >= 0.6 is 0 Å². The van der Waals surface area contributed by atoms with Gasteiger partial charge in [0, 0.05) is 7.11 Å². The van der Waals surface area contributed by atoms with Gasteiger partial charge in [-0.25, -0.2) is 0 Å². The molecule has 0 aromatic carbocycles. The Labute approximate surface area is 194 Å². The summed E-state index contributed by atoms with van der Waals surface area (Å²) < 4.78 is 17.7. The smallest absolute Gasteiger partial charge is 0.310 e. The van der Waals surface area contributed by atoms with Crippen molar-refractivity contribution in [3.8, 4) is 0 Å². The van der Waals surface area contributed by atoms with Crippen molar-refractivity contribution in [1.29, 1.82) is 0 Å². The second kappa shape index (κ2) is 14.6. The number of carbonyl (C=O) groups is 2. The minimum absolute atomic E-state index is 0.0420. The molecular weight excluding hydrogens is 443 g/mol. The highest BCUT2D eigenvalue weighted by atomic mass is 28.4. The molecule has 0 aliphatic heterocycles. The Morgan fingerprint density at radius 1 is 0.806 bits per heavy atom. The number of hydrogen-bond donors (Lipinski definition) is 1. The van der Waals surface area contributed by atoms with E-state index in [9.17, 15) is 9.59 Å². The van der Waals surface area contributed by atoms with Crippen molar-refractivity contribution in [3.05, 3.63) is 0 Å². The maximum Gasteiger partial charge on any atom is 0.310 e. The standard InChI is InChI=1S/C22H49NO5Si3/c1-10-30(11-2,12-3)27-21(24)19-20(23-17-16-18-29(8,9)26-7)22(25)28-31(13-4,14-5)15-6/h20,23H,10-19H2,1-9H3. The molecule has 0 fully saturated rings. The Hall–Kier alpha value is -0.489. The molecule has 0 spiro atoms. The fourth-order valence-electron chi connectivity index (χ4n) is 3.80. The van der Waals surface area contributed by atoms with Gasteiger partial charge in [-0.05, 0) is 68.4 Å². The molecule has 1 unspecified atom stereocenters. The molecule has 0 bridgehead atoms. The van der Waals surface area contributed by atoms with Crippen LogP contribution in [0.3, 0.4) is 0 Å². The summed E-state index contributed by atoms with van der Waals surface area (Å²) in [4.78, 5) is 26.0. The van der Waals surface area contributed by atoms with E-state index in [4.69, 9.17) is 13.3 Å². The number of nitrogens with one attached hydrogen (secondary N) is 1. The van der Waals surface area contributed by atoms with Gasteiger partial charge in [-0.3, -0.25) is 9.59 Å². The molecule has 31 heavy (non-hydrogen) atoms. The van der Waals surface area contributed by atoms with Crippen LogP contribution in [0.15, 0.2) is 0 Å². The van der Waals surface area contributed by atoms with Crippen LogP contribution in [-0.2, 0) is 22.9 Å². The molecule has 0 rings (SSSR count). The van der Waals surface area contributed by atoms with Crippen LogP contribution in [0.4, 0.5) is 0 Å². The van der Waals surface area contributed by atoms with Crippen LogP contribution in [0, 0.1) is 0 Å². The molecule has 6 nitrogen and oxygen atoms in total. The average Bonchev–Trinajstić information content (AvgIpc) is 2.77.